The normalized spacial score (nSPS) is 10.6. The minimum absolute atomic E-state index is 0.0747. The first kappa shape index (κ1) is 19.2. The number of aromatic nitrogens is 2. The van der Waals surface area contributed by atoms with E-state index in [1.54, 1.807) is 17.8 Å². The van der Waals surface area contributed by atoms with E-state index < -0.39 is 5.97 Å². The summed E-state index contributed by atoms with van der Waals surface area (Å²) in [6.07, 6.45) is 0.181. The Hall–Kier alpha value is -2.58. The van der Waals surface area contributed by atoms with Crippen molar-refractivity contribution in [2.75, 3.05) is 5.32 Å². The Kier molecular flexibility index (Phi) is 5.98. The smallest absolute Gasteiger partial charge is 0.350 e. The molecular formula is C19H19N3O3S2. The maximum Gasteiger partial charge on any atom is 0.350 e. The third-order valence-corrected chi connectivity index (χ3v) is 5.67. The number of amides is 1. The first-order valence-corrected chi connectivity index (χ1v) is 10.1. The summed E-state index contributed by atoms with van der Waals surface area (Å²) in [6, 6.07) is 5.93. The third kappa shape index (κ3) is 4.99. The van der Waals surface area contributed by atoms with Gasteiger partial charge in [0.15, 0.2) is 0 Å². The number of nitrogens with one attached hydrogen (secondary N) is 1. The Labute approximate surface area is 165 Å². The van der Waals surface area contributed by atoms with Gasteiger partial charge in [0.1, 0.15) is 16.5 Å². The zero-order valence-electron chi connectivity index (χ0n) is 15.2. The van der Waals surface area contributed by atoms with E-state index in [4.69, 9.17) is 4.74 Å². The minimum atomic E-state index is -0.405. The van der Waals surface area contributed by atoms with E-state index >= 15 is 0 Å². The predicted molar refractivity (Wildman–Crippen MR) is 106 cm³/mol. The molecule has 1 amide bonds. The van der Waals surface area contributed by atoms with E-state index in [1.165, 1.54) is 22.7 Å². The van der Waals surface area contributed by atoms with Gasteiger partial charge in [-0.15, -0.1) is 22.7 Å². The number of hydrogen-bond donors (Lipinski definition) is 1. The largest absolute Gasteiger partial charge is 0.455 e. The summed E-state index contributed by atoms with van der Waals surface area (Å²) >= 11 is 2.63. The molecule has 3 aromatic rings. The summed E-state index contributed by atoms with van der Waals surface area (Å²) in [4.78, 5) is 33.2. The maximum absolute atomic E-state index is 12.3. The molecule has 27 heavy (non-hydrogen) atoms. The van der Waals surface area contributed by atoms with Gasteiger partial charge in [-0.25, -0.2) is 14.8 Å². The maximum atomic E-state index is 12.3. The average Bonchev–Trinajstić information content (AvgIpc) is 3.25. The zero-order chi connectivity index (χ0) is 19.4. The summed E-state index contributed by atoms with van der Waals surface area (Å²) in [7, 11) is 0. The van der Waals surface area contributed by atoms with Crippen molar-refractivity contribution in [3.8, 4) is 0 Å². The Morgan fingerprint density at radius 2 is 2.00 bits per heavy atom. The molecule has 2 heterocycles. The fraction of sp³-hybridized carbons (Fsp3) is 0.263. The minimum Gasteiger partial charge on any atom is -0.455 e. The number of carbonyl (C=O) groups excluding carboxylic acids is 2. The van der Waals surface area contributed by atoms with Crippen LogP contribution in [0.5, 0.6) is 0 Å². The number of thiazole rings is 2. The number of hydrogen-bond acceptors (Lipinski definition) is 7. The second-order valence-corrected chi connectivity index (χ2v) is 7.92. The van der Waals surface area contributed by atoms with Crippen LogP contribution in [0.2, 0.25) is 0 Å². The lowest BCUT2D eigenvalue weighted by molar-refractivity contribution is -0.115. The van der Waals surface area contributed by atoms with E-state index in [9.17, 15) is 9.59 Å². The lowest BCUT2D eigenvalue weighted by Gasteiger charge is -2.08. The van der Waals surface area contributed by atoms with Crippen molar-refractivity contribution in [2.45, 2.75) is 33.8 Å². The van der Waals surface area contributed by atoms with Crippen molar-refractivity contribution in [1.82, 2.24) is 9.97 Å². The Morgan fingerprint density at radius 3 is 2.74 bits per heavy atom. The molecule has 1 aromatic carbocycles. The van der Waals surface area contributed by atoms with Gasteiger partial charge in [0.25, 0.3) is 0 Å². The van der Waals surface area contributed by atoms with Gasteiger partial charge >= 0.3 is 5.97 Å². The van der Waals surface area contributed by atoms with Crippen LogP contribution in [0.25, 0.3) is 0 Å². The van der Waals surface area contributed by atoms with Crippen LogP contribution in [-0.4, -0.2) is 21.8 Å². The number of rotatable bonds is 6. The van der Waals surface area contributed by atoms with Crippen molar-refractivity contribution in [3.05, 3.63) is 61.5 Å². The summed E-state index contributed by atoms with van der Waals surface area (Å²) in [5.74, 6) is -0.529. The standard InChI is InChI=1S/C19H19N3O3S2/c1-11-4-5-12(2)15(6-11)22-16(23)7-17-21-14(9-26-17)8-25-19(24)18-13(3)20-10-27-18/h4-6,9-10H,7-8H2,1-3H3,(H,22,23). The molecule has 0 aliphatic rings. The molecule has 140 valence electrons. The fourth-order valence-corrected chi connectivity index (χ4v) is 3.87. The van der Waals surface area contributed by atoms with Crippen LogP contribution >= 0.6 is 22.7 Å². The van der Waals surface area contributed by atoms with Gasteiger partial charge in [0.2, 0.25) is 5.91 Å². The molecule has 0 saturated carbocycles. The summed E-state index contributed by atoms with van der Waals surface area (Å²) in [5, 5.41) is 5.40. The monoisotopic (exact) mass is 401 g/mol. The van der Waals surface area contributed by atoms with Crippen LogP contribution in [0.1, 0.15) is 37.2 Å². The van der Waals surface area contributed by atoms with Crippen LogP contribution in [-0.2, 0) is 22.6 Å². The van der Waals surface area contributed by atoms with E-state index in [2.05, 4.69) is 15.3 Å². The second-order valence-electron chi connectivity index (χ2n) is 6.12. The lowest BCUT2D eigenvalue weighted by atomic mass is 10.1. The summed E-state index contributed by atoms with van der Waals surface area (Å²) in [6.45, 7) is 5.78. The molecule has 0 radical (unpaired) electrons. The number of esters is 1. The van der Waals surface area contributed by atoms with E-state index in [1.807, 2.05) is 32.0 Å². The van der Waals surface area contributed by atoms with Gasteiger partial charge in [-0.3, -0.25) is 4.79 Å². The van der Waals surface area contributed by atoms with Crippen LogP contribution in [0.3, 0.4) is 0 Å². The van der Waals surface area contributed by atoms with Gasteiger partial charge in [0.05, 0.1) is 23.3 Å². The molecule has 8 heteroatoms. The highest BCUT2D eigenvalue weighted by Crippen LogP contribution is 2.18. The van der Waals surface area contributed by atoms with Gasteiger partial charge in [0, 0.05) is 11.1 Å². The number of anilines is 1. The van der Waals surface area contributed by atoms with Crippen molar-refractivity contribution in [1.29, 1.82) is 0 Å². The number of aryl methyl sites for hydroxylation is 3. The van der Waals surface area contributed by atoms with Gasteiger partial charge in [-0.1, -0.05) is 12.1 Å². The Balaban J connectivity index is 1.54. The van der Waals surface area contributed by atoms with Crippen molar-refractivity contribution < 1.29 is 14.3 Å². The van der Waals surface area contributed by atoms with Gasteiger partial charge < -0.3 is 10.1 Å². The molecule has 0 fully saturated rings. The third-order valence-electron chi connectivity index (χ3n) is 3.86. The molecule has 3 rings (SSSR count). The second kappa shape index (κ2) is 8.41. The Morgan fingerprint density at radius 1 is 1.19 bits per heavy atom. The van der Waals surface area contributed by atoms with Crippen LogP contribution < -0.4 is 5.32 Å². The lowest BCUT2D eigenvalue weighted by Crippen LogP contribution is -2.15. The number of ether oxygens (including phenoxy) is 1. The molecule has 0 saturated heterocycles. The van der Waals surface area contributed by atoms with Crippen molar-refractivity contribution >= 4 is 40.2 Å². The highest BCUT2D eigenvalue weighted by Gasteiger charge is 2.15. The van der Waals surface area contributed by atoms with Crippen LogP contribution in [0, 0.1) is 20.8 Å². The molecule has 0 aliphatic carbocycles. The molecule has 0 bridgehead atoms. The molecular weight excluding hydrogens is 382 g/mol. The first-order chi connectivity index (χ1) is 12.9. The predicted octanol–water partition coefficient (Wildman–Crippen LogP) is 4.06. The van der Waals surface area contributed by atoms with Crippen molar-refractivity contribution in [2.24, 2.45) is 0 Å². The van der Waals surface area contributed by atoms with Crippen molar-refractivity contribution in [3.63, 3.8) is 0 Å². The molecule has 0 spiro atoms. The Bertz CT molecular complexity index is 978. The highest BCUT2D eigenvalue weighted by molar-refractivity contribution is 7.11. The van der Waals surface area contributed by atoms with Gasteiger partial charge in [-0.05, 0) is 38.0 Å². The molecule has 6 nitrogen and oxygen atoms in total. The SMILES string of the molecule is Cc1ccc(C)c(NC(=O)Cc2nc(COC(=O)c3scnc3C)cs2)c1. The molecule has 0 unspecified atom stereocenters. The molecule has 1 N–H and O–H groups in total. The molecule has 2 aromatic heterocycles. The van der Waals surface area contributed by atoms with Crippen LogP contribution in [0.4, 0.5) is 5.69 Å². The highest BCUT2D eigenvalue weighted by atomic mass is 32.1. The van der Waals surface area contributed by atoms with Gasteiger partial charge in [-0.2, -0.15) is 0 Å². The summed E-state index contributed by atoms with van der Waals surface area (Å²) < 4.78 is 5.27. The average molecular weight is 402 g/mol. The van der Waals surface area contributed by atoms with Crippen LogP contribution in [0.15, 0.2) is 29.1 Å². The fourth-order valence-electron chi connectivity index (χ4n) is 2.40. The number of carbonyl (C=O) groups is 2. The zero-order valence-corrected chi connectivity index (χ0v) is 16.9. The molecule has 0 aliphatic heterocycles. The molecule has 0 atom stereocenters. The number of benzene rings is 1. The van der Waals surface area contributed by atoms with E-state index in [0.717, 1.165) is 16.8 Å². The first-order valence-electron chi connectivity index (χ1n) is 8.30. The quantitative estimate of drug-likeness (QED) is 0.630. The van der Waals surface area contributed by atoms with E-state index in [0.29, 0.717) is 21.3 Å². The topological polar surface area (TPSA) is 81.2 Å². The van der Waals surface area contributed by atoms with E-state index in [-0.39, 0.29) is 18.9 Å². The number of nitrogens with zero attached hydrogens (tertiary/aromatic N) is 2. The summed E-state index contributed by atoms with van der Waals surface area (Å²) in [5.41, 5.74) is 5.81.